The van der Waals surface area contributed by atoms with Crippen LogP contribution in [0.2, 0.25) is 0 Å². The molecule has 2 N–H and O–H groups in total. The number of methoxy groups -OCH3 is 1. The molecule has 0 unspecified atom stereocenters. The van der Waals surface area contributed by atoms with E-state index in [0.717, 1.165) is 45.1 Å². The predicted molar refractivity (Wildman–Crippen MR) is 130 cm³/mol. The molecule has 0 bridgehead atoms. The first-order chi connectivity index (χ1) is 16.3. The Bertz CT molecular complexity index is 865. The number of ether oxygens (including phenoxy) is 1. The van der Waals surface area contributed by atoms with Gasteiger partial charge in [0.25, 0.3) is 5.91 Å². The molecule has 3 fully saturated rings. The van der Waals surface area contributed by atoms with Crippen LogP contribution in [0.15, 0.2) is 24.4 Å². The maximum Gasteiger partial charge on any atom is 0.270 e. The van der Waals surface area contributed by atoms with Crippen molar-refractivity contribution in [3.63, 3.8) is 0 Å². The number of hydrogen-bond acceptors (Lipinski definition) is 5. The third-order valence-corrected chi connectivity index (χ3v) is 9.15. The van der Waals surface area contributed by atoms with Crippen LogP contribution in [0.4, 0.5) is 0 Å². The van der Waals surface area contributed by atoms with Crippen molar-refractivity contribution in [1.82, 2.24) is 15.2 Å². The first-order valence-corrected chi connectivity index (χ1v) is 13.0. The van der Waals surface area contributed by atoms with Gasteiger partial charge in [0.2, 0.25) is 5.91 Å². The number of aromatic nitrogens is 1. The maximum atomic E-state index is 13.5. The van der Waals surface area contributed by atoms with Crippen LogP contribution in [-0.4, -0.2) is 65.3 Å². The summed E-state index contributed by atoms with van der Waals surface area (Å²) in [7, 11) is 1.68. The molecule has 7 heteroatoms. The topological polar surface area (TPSA) is 91.8 Å². The number of nitrogens with one attached hydrogen (secondary N) is 1. The number of rotatable bonds is 6. The SMILES string of the molecule is COC[C@H]1CCCN1C(=O)[C@@H](C)[C@@H]1CC[C@@]2(C)CC[C@H](NC(=O)c3ccccn3)[C@@H](C)[C@@H]2[C@H]1O. The number of carbonyl (C=O) groups excluding carboxylic acids is 2. The second kappa shape index (κ2) is 10.3. The van der Waals surface area contributed by atoms with E-state index in [1.807, 2.05) is 17.9 Å². The van der Waals surface area contributed by atoms with E-state index in [2.05, 4.69) is 24.1 Å². The molecule has 1 aromatic rings. The molecule has 1 aromatic heterocycles. The number of likely N-dealkylation sites (tertiary alicyclic amines) is 1. The molecule has 7 nitrogen and oxygen atoms in total. The molecule has 0 spiro atoms. The maximum absolute atomic E-state index is 13.5. The van der Waals surface area contributed by atoms with E-state index in [0.29, 0.717) is 12.3 Å². The summed E-state index contributed by atoms with van der Waals surface area (Å²) in [6.07, 6.45) is 6.77. The molecule has 0 aromatic carbocycles. The molecule has 34 heavy (non-hydrogen) atoms. The van der Waals surface area contributed by atoms with Gasteiger partial charge in [-0.2, -0.15) is 0 Å². The van der Waals surface area contributed by atoms with Crippen molar-refractivity contribution in [3.05, 3.63) is 30.1 Å². The zero-order valence-corrected chi connectivity index (χ0v) is 21.1. The summed E-state index contributed by atoms with van der Waals surface area (Å²) in [6, 6.07) is 5.46. The monoisotopic (exact) mass is 471 g/mol. The van der Waals surface area contributed by atoms with Gasteiger partial charge in [0, 0.05) is 31.8 Å². The zero-order valence-electron chi connectivity index (χ0n) is 21.1. The predicted octanol–water partition coefficient (Wildman–Crippen LogP) is 3.28. The Morgan fingerprint density at radius 3 is 2.76 bits per heavy atom. The number of amides is 2. The fourth-order valence-corrected chi connectivity index (χ4v) is 7.17. The van der Waals surface area contributed by atoms with Gasteiger partial charge in [0.05, 0.1) is 18.8 Å². The van der Waals surface area contributed by atoms with Crippen molar-refractivity contribution in [2.45, 2.75) is 77.5 Å². The van der Waals surface area contributed by atoms with Crippen LogP contribution in [0.3, 0.4) is 0 Å². The zero-order chi connectivity index (χ0) is 24.5. The van der Waals surface area contributed by atoms with Gasteiger partial charge in [0.1, 0.15) is 5.69 Å². The summed E-state index contributed by atoms with van der Waals surface area (Å²) in [6.45, 7) is 7.78. The summed E-state index contributed by atoms with van der Waals surface area (Å²) < 4.78 is 5.34. The Morgan fingerprint density at radius 2 is 2.06 bits per heavy atom. The second-order valence-corrected chi connectivity index (χ2v) is 11.1. The first-order valence-electron chi connectivity index (χ1n) is 13.0. The van der Waals surface area contributed by atoms with E-state index < -0.39 is 6.10 Å². The summed E-state index contributed by atoms with van der Waals surface area (Å²) in [5, 5.41) is 14.9. The summed E-state index contributed by atoms with van der Waals surface area (Å²) in [5.74, 6) is -0.160. The highest BCUT2D eigenvalue weighted by molar-refractivity contribution is 5.92. The number of fused-ring (bicyclic) bond motifs is 1. The summed E-state index contributed by atoms with van der Waals surface area (Å²) in [4.78, 5) is 32.4. The minimum Gasteiger partial charge on any atom is -0.392 e. The fraction of sp³-hybridized carbons (Fsp3) is 0.741. The highest BCUT2D eigenvalue weighted by atomic mass is 16.5. The molecule has 4 rings (SSSR count). The van der Waals surface area contributed by atoms with E-state index >= 15 is 0 Å². The first kappa shape index (κ1) is 25.1. The minimum atomic E-state index is -0.564. The van der Waals surface area contributed by atoms with Crippen LogP contribution < -0.4 is 5.32 Å². The van der Waals surface area contributed by atoms with Crippen molar-refractivity contribution >= 4 is 11.8 Å². The van der Waals surface area contributed by atoms with Crippen LogP contribution in [-0.2, 0) is 9.53 Å². The lowest BCUT2D eigenvalue weighted by molar-refractivity contribution is -0.151. The van der Waals surface area contributed by atoms with Crippen LogP contribution in [0.1, 0.15) is 69.8 Å². The molecule has 2 saturated carbocycles. The smallest absolute Gasteiger partial charge is 0.270 e. The number of nitrogens with zero attached hydrogens (tertiary/aromatic N) is 2. The Labute approximate surface area is 203 Å². The number of carbonyl (C=O) groups is 2. The summed E-state index contributed by atoms with van der Waals surface area (Å²) >= 11 is 0. The Morgan fingerprint density at radius 1 is 1.29 bits per heavy atom. The molecule has 188 valence electrons. The van der Waals surface area contributed by atoms with Gasteiger partial charge in [-0.05, 0) is 73.8 Å². The van der Waals surface area contributed by atoms with Crippen molar-refractivity contribution < 1.29 is 19.4 Å². The molecular weight excluding hydrogens is 430 g/mol. The van der Waals surface area contributed by atoms with Crippen LogP contribution in [0.5, 0.6) is 0 Å². The molecule has 2 amide bonds. The molecule has 2 aliphatic carbocycles. The number of aliphatic hydroxyl groups excluding tert-OH is 1. The van der Waals surface area contributed by atoms with E-state index in [4.69, 9.17) is 4.74 Å². The van der Waals surface area contributed by atoms with Gasteiger partial charge in [-0.3, -0.25) is 14.6 Å². The lowest BCUT2D eigenvalue weighted by atomic mass is 9.51. The van der Waals surface area contributed by atoms with E-state index in [1.165, 1.54) is 0 Å². The third kappa shape index (κ3) is 4.74. The second-order valence-electron chi connectivity index (χ2n) is 11.1. The molecule has 2 heterocycles. The lowest BCUT2D eigenvalue weighted by Crippen LogP contribution is -2.58. The fourth-order valence-electron chi connectivity index (χ4n) is 7.17. The minimum absolute atomic E-state index is 0.0170. The molecule has 1 aliphatic heterocycles. The molecule has 8 atom stereocenters. The number of pyridine rings is 1. The molecule has 1 saturated heterocycles. The van der Waals surface area contributed by atoms with Gasteiger partial charge >= 0.3 is 0 Å². The van der Waals surface area contributed by atoms with Gasteiger partial charge < -0.3 is 20.1 Å². The van der Waals surface area contributed by atoms with Crippen molar-refractivity contribution in [1.29, 1.82) is 0 Å². The average molecular weight is 472 g/mol. The van der Waals surface area contributed by atoms with E-state index in [1.54, 1.807) is 25.4 Å². The van der Waals surface area contributed by atoms with Gasteiger partial charge in [0.15, 0.2) is 0 Å². The standard InChI is InChI=1S/C27H41N3O4/c1-17(26(33)30-15-7-8-19(30)16-34-4)20-10-12-27(3)13-11-21(18(2)23(27)24(20)31)29-25(32)22-9-5-6-14-28-22/h5-6,9,14,17-21,23-24,31H,7-8,10-13,15-16H2,1-4H3,(H,29,32)/t17-,18+,19+,20-,21-,23+,24-,27-/m0/s1. The van der Waals surface area contributed by atoms with Gasteiger partial charge in [-0.1, -0.05) is 26.8 Å². The van der Waals surface area contributed by atoms with E-state index in [9.17, 15) is 14.7 Å². The summed E-state index contributed by atoms with van der Waals surface area (Å²) in [5.41, 5.74) is 0.442. The van der Waals surface area contributed by atoms with E-state index in [-0.39, 0.29) is 53.0 Å². The molecule has 3 aliphatic rings. The number of hydrogen-bond donors (Lipinski definition) is 2. The Kier molecular flexibility index (Phi) is 7.63. The Balaban J connectivity index is 1.47. The van der Waals surface area contributed by atoms with Crippen LogP contribution in [0.25, 0.3) is 0 Å². The van der Waals surface area contributed by atoms with Crippen molar-refractivity contribution in [3.8, 4) is 0 Å². The molecular formula is C27H41N3O4. The largest absolute Gasteiger partial charge is 0.392 e. The van der Waals surface area contributed by atoms with Gasteiger partial charge in [-0.15, -0.1) is 0 Å². The third-order valence-electron chi connectivity index (χ3n) is 9.15. The Hall–Kier alpha value is -1.99. The van der Waals surface area contributed by atoms with Crippen molar-refractivity contribution in [2.24, 2.45) is 29.1 Å². The highest BCUT2D eigenvalue weighted by Crippen LogP contribution is 2.55. The van der Waals surface area contributed by atoms with Crippen molar-refractivity contribution in [2.75, 3.05) is 20.3 Å². The number of aliphatic hydroxyl groups is 1. The average Bonchev–Trinajstić information content (AvgIpc) is 3.29. The molecule has 0 radical (unpaired) electrons. The van der Waals surface area contributed by atoms with Crippen LogP contribution >= 0.6 is 0 Å². The normalized spacial score (nSPS) is 36.6. The highest BCUT2D eigenvalue weighted by Gasteiger charge is 2.54. The quantitative estimate of drug-likeness (QED) is 0.664. The lowest BCUT2D eigenvalue weighted by Gasteiger charge is -2.56. The van der Waals surface area contributed by atoms with Crippen LogP contribution in [0, 0.1) is 29.1 Å². The van der Waals surface area contributed by atoms with Gasteiger partial charge in [-0.25, -0.2) is 0 Å².